The van der Waals surface area contributed by atoms with Crippen molar-refractivity contribution < 1.29 is 21.0 Å². The highest BCUT2D eigenvalue weighted by atomic mass is 35.8. The summed E-state index contributed by atoms with van der Waals surface area (Å²) in [6, 6.07) is 7.19. The van der Waals surface area contributed by atoms with E-state index in [2.05, 4.69) is 14.9 Å². The molecule has 0 amide bonds. The molecule has 0 heterocycles. The van der Waals surface area contributed by atoms with Crippen LogP contribution in [0.15, 0.2) is 30.3 Å². The standard InChI is InChI=1S/C6H5ClO5S2/c7-13(8,9)14(10,11)12-6-4-2-1-3-5-6/h1-5H. The number of hydrogen-bond acceptors (Lipinski definition) is 5. The molecule has 78 valence electrons. The Kier molecular flexibility index (Phi) is 3.03. The molecule has 1 rings (SSSR count). The van der Waals surface area contributed by atoms with E-state index in [1.54, 1.807) is 6.07 Å². The van der Waals surface area contributed by atoms with Crippen molar-refractivity contribution in [3.63, 3.8) is 0 Å². The molecule has 0 radical (unpaired) electrons. The predicted molar refractivity (Wildman–Crippen MR) is 50.8 cm³/mol. The van der Waals surface area contributed by atoms with Crippen LogP contribution in [0.5, 0.6) is 5.75 Å². The van der Waals surface area contributed by atoms with Crippen molar-refractivity contribution in [3.8, 4) is 5.75 Å². The lowest BCUT2D eigenvalue weighted by atomic mass is 10.3. The van der Waals surface area contributed by atoms with E-state index in [-0.39, 0.29) is 5.75 Å². The van der Waals surface area contributed by atoms with Gasteiger partial charge in [-0.2, -0.15) is 16.8 Å². The van der Waals surface area contributed by atoms with Crippen LogP contribution in [-0.4, -0.2) is 16.8 Å². The summed E-state index contributed by atoms with van der Waals surface area (Å²) in [7, 11) is -4.96. The van der Waals surface area contributed by atoms with E-state index in [0.29, 0.717) is 0 Å². The van der Waals surface area contributed by atoms with Crippen LogP contribution in [-0.2, 0) is 17.2 Å². The van der Waals surface area contributed by atoms with Crippen molar-refractivity contribution in [3.05, 3.63) is 30.3 Å². The predicted octanol–water partition coefficient (Wildman–Crippen LogP) is 0.879. The molecule has 1 aromatic rings. The second kappa shape index (κ2) is 3.76. The lowest BCUT2D eigenvalue weighted by molar-refractivity contribution is 0.497. The number of hydrogen-bond donors (Lipinski definition) is 0. The smallest absolute Gasteiger partial charge is 0.371 e. The first-order valence-corrected chi connectivity index (χ1v) is 7.50. The van der Waals surface area contributed by atoms with Crippen LogP contribution in [0.25, 0.3) is 0 Å². The Balaban J connectivity index is 3.03. The molecule has 14 heavy (non-hydrogen) atoms. The lowest BCUT2D eigenvalue weighted by Crippen LogP contribution is -2.15. The van der Waals surface area contributed by atoms with Crippen LogP contribution in [0.2, 0.25) is 0 Å². The molecule has 0 aromatic heterocycles. The van der Waals surface area contributed by atoms with E-state index < -0.39 is 17.2 Å². The number of para-hydroxylation sites is 1. The van der Waals surface area contributed by atoms with Gasteiger partial charge in [0.05, 0.1) is 0 Å². The first kappa shape index (κ1) is 11.3. The molecule has 0 unspecified atom stereocenters. The first-order chi connectivity index (χ1) is 6.33. The van der Waals surface area contributed by atoms with Gasteiger partial charge in [0.25, 0.3) is 0 Å². The fraction of sp³-hybridized carbons (Fsp3) is 0. The Morgan fingerprint density at radius 3 is 1.93 bits per heavy atom. The number of benzene rings is 1. The van der Waals surface area contributed by atoms with Crippen LogP contribution in [0.4, 0.5) is 0 Å². The molecule has 0 saturated carbocycles. The summed E-state index contributed by atoms with van der Waals surface area (Å²) < 4.78 is 47.0. The van der Waals surface area contributed by atoms with Gasteiger partial charge in [-0.3, -0.25) is 0 Å². The normalized spacial score (nSPS) is 12.4. The minimum atomic E-state index is -4.81. The summed E-state index contributed by atoms with van der Waals surface area (Å²) in [5.74, 6) is -0.114. The van der Waals surface area contributed by atoms with Crippen LogP contribution < -0.4 is 4.18 Å². The third kappa shape index (κ3) is 2.60. The summed E-state index contributed by atoms with van der Waals surface area (Å²) in [5.41, 5.74) is 0. The van der Waals surface area contributed by atoms with Gasteiger partial charge < -0.3 is 4.18 Å². The van der Waals surface area contributed by atoms with Crippen molar-refractivity contribution >= 4 is 27.9 Å². The maximum absolute atomic E-state index is 10.9. The molecular formula is C6H5ClO5S2. The van der Waals surface area contributed by atoms with E-state index in [9.17, 15) is 16.8 Å². The summed E-state index contributed by atoms with van der Waals surface area (Å²) in [6.45, 7) is 0. The molecule has 0 atom stereocenters. The monoisotopic (exact) mass is 256 g/mol. The Bertz CT molecular complexity index is 504. The highest BCUT2D eigenvalue weighted by Gasteiger charge is 2.29. The summed E-state index contributed by atoms with van der Waals surface area (Å²) in [5, 5.41) is 0. The molecule has 0 spiro atoms. The van der Waals surface area contributed by atoms with Crippen LogP contribution in [0.3, 0.4) is 0 Å². The third-order valence-corrected chi connectivity index (χ3v) is 5.13. The van der Waals surface area contributed by atoms with E-state index in [1.807, 2.05) is 0 Å². The lowest BCUT2D eigenvalue weighted by Gasteiger charge is -2.02. The second-order valence-electron chi connectivity index (χ2n) is 2.20. The van der Waals surface area contributed by atoms with Gasteiger partial charge in [-0.25, -0.2) is 0 Å². The summed E-state index contributed by atoms with van der Waals surface area (Å²) in [6.07, 6.45) is 0. The van der Waals surface area contributed by atoms with Crippen LogP contribution in [0, 0.1) is 0 Å². The average molecular weight is 257 g/mol. The zero-order chi connectivity index (χ0) is 10.8. The molecule has 0 aliphatic rings. The molecule has 0 aliphatic heterocycles. The van der Waals surface area contributed by atoms with Crippen molar-refractivity contribution in [1.82, 2.24) is 0 Å². The van der Waals surface area contributed by atoms with Gasteiger partial charge >= 0.3 is 17.2 Å². The molecule has 0 bridgehead atoms. The zero-order valence-electron chi connectivity index (χ0n) is 6.62. The van der Waals surface area contributed by atoms with Gasteiger partial charge in [0.2, 0.25) is 0 Å². The quantitative estimate of drug-likeness (QED) is 0.593. The second-order valence-corrected chi connectivity index (χ2v) is 8.28. The highest BCUT2D eigenvalue weighted by Crippen LogP contribution is 2.17. The van der Waals surface area contributed by atoms with Gasteiger partial charge in [0.1, 0.15) is 5.75 Å². The Morgan fingerprint density at radius 1 is 1.00 bits per heavy atom. The summed E-state index contributed by atoms with van der Waals surface area (Å²) in [4.78, 5) is 0. The van der Waals surface area contributed by atoms with E-state index >= 15 is 0 Å². The average Bonchev–Trinajstić information content (AvgIpc) is 2.03. The molecule has 0 fully saturated rings. The van der Waals surface area contributed by atoms with Crippen LogP contribution in [0.1, 0.15) is 0 Å². The molecule has 0 aliphatic carbocycles. The molecule has 0 saturated heterocycles. The van der Waals surface area contributed by atoms with Crippen molar-refractivity contribution in [2.45, 2.75) is 0 Å². The third-order valence-electron chi connectivity index (χ3n) is 1.19. The molecule has 5 nitrogen and oxygen atoms in total. The Labute approximate surface area is 85.2 Å². The summed E-state index contributed by atoms with van der Waals surface area (Å²) >= 11 is 0. The fourth-order valence-electron chi connectivity index (χ4n) is 0.635. The van der Waals surface area contributed by atoms with Gasteiger partial charge in [-0.1, -0.05) is 18.2 Å². The molecule has 8 heteroatoms. The van der Waals surface area contributed by atoms with Crippen molar-refractivity contribution in [1.29, 1.82) is 0 Å². The Morgan fingerprint density at radius 2 is 1.50 bits per heavy atom. The molecular weight excluding hydrogens is 252 g/mol. The first-order valence-electron chi connectivity index (χ1n) is 3.27. The van der Waals surface area contributed by atoms with Gasteiger partial charge in [-0.05, 0) is 12.1 Å². The SMILES string of the molecule is O=S(=O)(Cl)S(=O)(=O)Oc1ccccc1. The van der Waals surface area contributed by atoms with Crippen LogP contribution >= 0.6 is 10.7 Å². The molecule has 1 aromatic carbocycles. The number of rotatable bonds is 3. The van der Waals surface area contributed by atoms with E-state index in [4.69, 9.17) is 0 Å². The fourth-order valence-corrected chi connectivity index (χ4v) is 1.77. The maximum Gasteiger partial charge on any atom is 0.433 e. The Hall–Kier alpha value is -0.790. The minimum absolute atomic E-state index is 0.114. The zero-order valence-corrected chi connectivity index (χ0v) is 9.01. The number of halogens is 1. The maximum atomic E-state index is 10.9. The van der Waals surface area contributed by atoms with E-state index in [1.165, 1.54) is 24.3 Å². The largest absolute Gasteiger partial charge is 0.433 e. The van der Waals surface area contributed by atoms with Gasteiger partial charge in [0.15, 0.2) is 0 Å². The molecule has 0 N–H and O–H groups in total. The van der Waals surface area contributed by atoms with Gasteiger partial charge in [0, 0.05) is 10.7 Å². The minimum Gasteiger partial charge on any atom is -0.371 e. The van der Waals surface area contributed by atoms with Crippen molar-refractivity contribution in [2.24, 2.45) is 0 Å². The van der Waals surface area contributed by atoms with Crippen molar-refractivity contribution in [2.75, 3.05) is 0 Å². The topological polar surface area (TPSA) is 77.5 Å². The highest BCUT2D eigenvalue weighted by molar-refractivity contribution is 8.74. The van der Waals surface area contributed by atoms with Gasteiger partial charge in [-0.15, -0.1) is 0 Å². The van der Waals surface area contributed by atoms with E-state index in [0.717, 1.165) is 0 Å².